The predicted octanol–water partition coefficient (Wildman–Crippen LogP) is 4.62. The van der Waals surface area contributed by atoms with Gasteiger partial charge >= 0.3 is 0 Å². The van der Waals surface area contributed by atoms with Gasteiger partial charge in [-0.25, -0.2) is 21.6 Å². The lowest BCUT2D eigenvalue weighted by Crippen LogP contribution is -2.08. The normalized spacial score (nSPS) is 12.5. The molecule has 9 heteroatoms. The molecule has 36 heavy (non-hydrogen) atoms. The zero-order valence-electron chi connectivity index (χ0n) is 18.5. The van der Waals surface area contributed by atoms with Gasteiger partial charge in [0.2, 0.25) is 0 Å². The van der Waals surface area contributed by atoms with Crippen molar-refractivity contribution in [1.82, 2.24) is 9.97 Å². The number of rotatable bonds is 4. The van der Waals surface area contributed by atoms with E-state index in [1.165, 1.54) is 42.9 Å². The number of pyridine rings is 2. The lowest BCUT2D eigenvalue weighted by atomic mass is 10.0. The fourth-order valence-corrected chi connectivity index (χ4v) is 5.07. The van der Waals surface area contributed by atoms with E-state index in [0.29, 0.717) is 34.6 Å². The molecule has 4 aromatic rings. The molecule has 0 atom stereocenters. The maximum atomic E-state index is 15.1. The van der Waals surface area contributed by atoms with Gasteiger partial charge in [-0.05, 0) is 48.5 Å². The van der Waals surface area contributed by atoms with E-state index in [0.717, 1.165) is 12.1 Å². The summed E-state index contributed by atoms with van der Waals surface area (Å²) >= 11 is 0. The van der Waals surface area contributed by atoms with Crippen LogP contribution in [0.5, 0.6) is 0 Å². The first-order valence-corrected chi connectivity index (χ1v) is 12.4. The van der Waals surface area contributed by atoms with Gasteiger partial charge in [0.25, 0.3) is 0 Å². The van der Waals surface area contributed by atoms with Crippen LogP contribution in [0.25, 0.3) is 0 Å². The SMILES string of the molecule is O=S(=O)(Cc1ccc(F)c(C#Cc2cnc3c(c2)C(c2ccc(F)cc2)=NC3)c1F)c1cccnc1. The Hall–Kier alpha value is -4.29. The standard InChI is InChI=1S/C27H16F3N3O2S/c28-20-7-4-18(5-8-20)27-23-12-17(13-32-25(23)15-33-27)3-9-22-24(29)10-6-19(26(22)30)16-36(34,35)21-2-1-11-31-14-21/h1-2,4-8,10-14H,15-16H2. The molecule has 2 aromatic heterocycles. The van der Waals surface area contributed by atoms with E-state index in [-0.39, 0.29) is 16.3 Å². The van der Waals surface area contributed by atoms with Gasteiger partial charge in [-0.2, -0.15) is 0 Å². The number of nitrogens with zero attached hydrogens (tertiary/aromatic N) is 3. The molecule has 0 bridgehead atoms. The van der Waals surface area contributed by atoms with Crippen molar-refractivity contribution in [2.75, 3.05) is 0 Å². The predicted molar refractivity (Wildman–Crippen MR) is 127 cm³/mol. The van der Waals surface area contributed by atoms with Crippen LogP contribution in [0.3, 0.4) is 0 Å². The van der Waals surface area contributed by atoms with Crippen molar-refractivity contribution in [2.24, 2.45) is 4.99 Å². The summed E-state index contributed by atoms with van der Waals surface area (Å²) < 4.78 is 68.1. The zero-order chi connectivity index (χ0) is 25.3. The van der Waals surface area contributed by atoms with E-state index in [1.54, 1.807) is 18.2 Å². The minimum Gasteiger partial charge on any atom is -0.278 e. The van der Waals surface area contributed by atoms with Crippen LogP contribution >= 0.6 is 0 Å². The Balaban J connectivity index is 1.46. The molecule has 178 valence electrons. The highest BCUT2D eigenvalue weighted by atomic mass is 32.2. The van der Waals surface area contributed by atoms with Crippen molar-refractivity contribution >= 4 is 15.5 Å². The van der Waals surface area contributed by atoms with Gasteiger partial charge in [-0.15, -0.1) is 0 Å². The van der Waals surface area contributed by atoms with Gasteiger partial charge < -0.3 is 0 Å². The Kier molecular flexibility index (Phi) is 6.12. The van der Waals surface area contributed by atoms with Crippen molar-refractivity contribution in [1.29, 1.82) is 0 Å². The van der Waals surface area contributed by atoms with Crippen LogP contribution in [0.2, 0.25) is 0 Å². The molecule has 1 aliphatic rings. The largest absolute Gasteiger partial charge is 0.278 e. The summed E-state index contributed by atoms with van der Waals surface area (Å²) in [4.78, 5) is 12.5. The quantitative estimate of drug-likeness (QED) is 0.381. The first-order valence-electron chi connectivity index (χ1n) is 10.7. The van der Waals surface area contributed by atoms with Gasteiger partial charge in [-0.1, -0.05) is 17.9 Å². The van der Waals surface area contributed by atoms with Crippen molar-refractivity contribution in [3.63, 3.8) is 0 Å². The molecule has 0 aliphatic carbocycles. The molecule has 0 radical (unpaired) electrons. The molecule has 2 aromatic carbocycles. The summed E-state index contributed by atoms with van der Waals surface area (Å²) in [5.74, 6) is 2.20. The van der Waals surface area contributed by atoms with Crippen LogP contribution < -0.4 is 0 Å². The lowest BCUT2D eigenvalue weighted by Gasteiger charge is -2.07. The first kappa shape index (κ1) is 23.5. The number of halogens is 3. The number of hydrogen-bond acceptors (Lipinski definition) is 5. The summed E-state index contributed by atoms with van der Waals surface area (Å²) in [7, 11) is -3.89. The van der Waals surface area contributed by atoms with Crippen LogP contribution in [-0.4, -0.2) is 24.1 Å². The molecule has 5 nitrogen and oxygen atoms in total. The van der Waals surface area contributed by atoms with Crippen molar-refractivity contribution in [3.8, 4) is 11.8 Å². The van der Waals surface area contributed by atoms with Crippen LogP contribution in [-0.2, 0) is 22.1 Å². The highest BCUT2D eigenvalue weighted by molar-refractivity contribution is 7.90. The van der Waals surface area contributed by atoms with Gasteiger partial charge in [0, 0.05) is 40.8 Å². The number of benzene rings is 2. The Morgan fingerprint density at radius 1 is 0.944 bits per heavy atom. The van der Waals surface area contributed by atoms with Crippen LogP contribution in [0, 0.1) is 29.3 Å². The average Bonchev–Trinajstić information content (AvgIpc) is 3.30. The Morgan fingerprint density at radius 2 is 1.75 bits per heavy atom. The van der Waals surface area contributed by atoms with Gasteiger partial charge in [0.15, 0.2) is 9.84 Å². The van der Waals surface area contributed by atoms with E-state index in [1.807, 2.05) is 0 Å². The van der Waals surface area contributed by atoms with Crippen molar-refractivity contribution in [2.45, 2.75) is 17.2 Å². The highest BCUT2D eigenvalue weighted by Gasteiger charge is 2.21. The Labute approximate surface area is 205 Å². The molecule has 1 aliphatic heterocycles. The summed E-state index contributed by atoms with van der Waals surface area (Å²) in [6.07, 6.45) is 4.07. The first-order chi connectivity index (χ1) is 17.3. The van der Waals surface area contributed by atoms with Crippen LogP contribution in [0.1, 0.15) is 33.5 Å². The second kappa shape index (κ2) is 9.40. The molecule has 5 rings (SSSR count). The maximum Gasteiger partial charge on any atom is 0.184 e. The molecular weight excluding hydrogens is 487 g/mol. The monoisotopic (exact) mass is 503 g/mol. The van der Waals surface area contributed by atoms with Crippen LogP contribution in [0.15, 0.2) is 83.1 Å². The average molecular weight is 504 g/mol. The van der Waals surface area contributed by atoms with Gasteiger partial charge in [0.05, 0.1) is 34.2 Å². The Morgan fingerprint density at radius 3 is 2.50 bits per heavy atom. The topological polar surface area (TPSA) is 72.3 Å². The minimum atomic E-state index is -3.89. The smallest absolute Gasteiger partial charge is 0.184 e. The third-order valence-corrected chi connectivity index (χ3v) is 7.22. The zero-order valence-corrected chi connectivity index (χ0v) is 19.4. The number of fused-ring (bicyclic) bond motifs is 1. The molecule has 0 amide bonds. The molecule has 0 saturated heterocycles. The highest BCUT2D eigenvalue weighted by Crippen LogP contribution is 2.24. The molecular formula is C27H16F3N3O2S. The fourth-order valence-electron chi connectivity index (χ4n) is 3.76. The van der Waals surface area contributed by atoms with E-state index < -0.39 is 32.8 Å². The number of aromatic nitrogens is 2. The molecule has 0 spiro atoms. The molecule has 0 N–H and O–H groups in total. The summed E-state index contributed by atoms with van der Waals surface area (Å²) in [5, 5.41) is 0. The number of sulfone groups is 1. The van der Waals surface area contributed by atoms with Gasteiger partial charge in [0.1, 0.15) is 17.5 Å². The Bertz CT molecular complexity index is 1680. The molecule has 0 unspecified atom stereocenters. The van der Waals surface area contributed by atoms with E-state index in [4.69, 9.17) is 0 Å². The molecule has 3 heterocycles. The number of hydrogen-bond donors (Lipinski definition) is 0. The maximum absolute atomic E-state index is 15.1. The third kappa shape index (κ3) is 4.63. The lowest BCUT2D eigenvalue weighted by molar-refractivity contribution is 0.565. The second-order valence-corrected chi connectivity index (χ2v) is 9.97. The summed E-state index contributed by atoms with van der Waals surface area (Å²) in [6, 6.07) is 12.5. The van der Waals surface area contributed by atoms with E-state index in [9.17, 15) is 17.2 Å². The minimum absolute atomic E-state index is 0.0656. The number of aliphatic imine (C=N–C) groups is 1. The van der Waals surface area contributed by atoms with E-state index in [2.05, 4.69) is 26.8 Å². The third-order valence-electron chi connectivity index (χ3n) is 5.57. The fraction of sp³-hybridized carbons (Fsp3) is 0.0741. The summed E-state index contributed by atoms with van der Waals surface area (Å²) in [5.41, 5.74) is 2.38. The summed E-state index contributed by atoms with van der Waals surface area (Å²) in [6.45, 7) is 0.354. The van der Waals surface area contributed by atoms with Crippen molar-refractivity contribution < 1.29 is 21.6 Å². The van der Waals surface area contributed by atoms with Crippen molar-refractivity contribution in [3.05, 3.63) is 124 Å². The van der Waals surface area contributed by atoms with Gasteiger partial charge in [-0.3, -0.25) is 15.0 Å². The van der Waals surface area contributed by atoms with Crippen LogP contribution in [0.4, 0.5) is 13.2 Å². The molecule has 0 fully saturated rings. The second-order valence-electron chi connectivity index (χ2n) is 7.98. The molecule has 0 saturated carbocycles. The van der Waals surface area contributed by atoms with E-state index >= 15 is 4.39 Å².